The van der Waals surface area contributed by atoms with Crippen molar-refractivity contribution in [1.82, 2.24) is 20.6 Å². The number of anilines is 1. The third-order valence-electron chi connectivity index (χ3n) is 7.47. The van der Waals surface area contributed by atoms with Crippen LogP contribution in [0, 0.1) is 19.3 Å². The lowest BCUT2D eigenvalue weighted by Gasteiger charge is -2.41. The van der Waals surface area contributed by atoms with Crippen molar-refractivity contribution in [1.29, 1.82) is 5.41 Å². The lowest BCUT2D eigenvalue weighted by molar-refractivity contribution is 0.0950. The molecule has 1 saturated carbocycles. The first-order chi connectivity index (χ1) is 17.9. The fraction of sp³-hybridized carbons (Fsp3) is 0.533. The van der Waals surface area contributed by atoms with Gasteiger partial charge in [0.1, 0.15) is 5.82 Å². The molecular formula is C30H42N6O2. The Morgan fingerprint density at radius 2 is 1.87 bits per heavy atom. The van der Waals surface area contributed by atoms with Gasteiger partial charge in [-0.05, 0) is 84.1 Å². The predicted octanol–water partition coefficient (Wildman–Crippen LogP) is 4.99. The molecule has 8 heteroatoms. The molecule has 3 heterocycles. The highest BCUT2D eigenvalue weighted by Crippen LogP contribution is 2.35. The number of aromatic amines is 1. The summed E-state index contributed by atoms with van der Waals surface area (Å²) in [6.45, 7) is 12.4. The second-order valence-corrected chi connectivity index (χ2v) is 12.1. The summed E-state index contributed by atoms with van der Waals surface area (Å²) in [5.41, 5.74) is 4.24. The maximum absolute atomic E-state index is 13.6. The SMILES string of the molecule is Cc1cc(C)c(CNC(=O)c2cc(C3=CC(C)(C)NC(C)(C)C3)nc(NC3CCCCC3)c2C=N)c(=O)[nH]1. The molecule has 1 fully saturated rings. The molecule has 0 saturated heterocycles. The second kappa shape index (κ2) is 10.8. The number of hydrogen-bond donors (Lipinski definition) is 5. The van der Waals surface area contributed by atoms with Gasteiger partial charge in [0.15, 0.2) is 0 Å². The van der Waals surface area contributed by atoms with Gasteiger partial charge in [-0.3, -0.25) is 9.59 Å². The molecule has 204 valence electrons. The normalized spacial score (nSPS) is 18.9. The number of rotatable bonds is 7. The Morgan fingerprint density at radius 3 is 2.50 bits per heavy atom. The highest BCUT2D eigenvalue weighted by atomic mass is 16.1. The van der Waals surface area contributed by atoms with Crippen molar-refractivity contribution >= 4 is 23.5 Å². The van der Waals surface area contributed by atoms with E-state index in [-0.39, 0.29) is 35.1 Å². The third kappa shape index (κ3) is 6.41. The molecule has 2 aliphatic rings. The molecule has 5 N–H and O–H groups in total. The van der Waals surface area contributed by atoms with E-state index in [1.165, 1.54) is 12.6 Å². The van der Waals surface area contributed by atoms with E-state index in [4.69, 9.17) is 10.4 Å². The Hall–Kier alpha value is -3.26. The van der Waals surface area contributed by atoms with Gasteiger partial charge in [0, 0.05) is 46.7 Å². The van der Waals surface area contributed by atoms with Crippen molar-refractivity contribution in [3.05, 3.63) is 62.2 Å². The number of nitrogens with one attached hydrogen (secondary N) is 5. The predicted molar refractivity (Wildman–Crippen MR) is 154 cm³/mol. The van der Waals surface area contributed by atoms with Crippen LogP contribution in [0.3, 0.4) is 0 Å². The smallest absolute Gasteiger partial charge is 0.253 e. The summed E-state index contributed by atoms with van der Waals surface area (Å²) >= 11 is 0. The molecule has 1 aliphatic heterocycles. The topological polar surface area (TPSA) is 123 Å². The number of carbonyl (C=O) groups is 1. The number of amides is 1. The van der Waals surface area contributed by atoms with E-state index >= 15 is 0 Å². The first-order valence-corrected chi connectivity index (χ1v) is 13.7. The summed E-state index contributed by atoms with van der Waals surface area (Å²) in [6.07, 6.45) is 9.81. The molecule has 0 aromatic carbocycles. The van der Waals surface area contributed by atoms with E-state index in [9.17, 15) is 9.59 Å². The van der Waals surface area contributed by atoms with Crippen LogP contribution in [0.1, 0.15) is 105 Å². The van der Waals surface area contributed by atoms with Gasteiger partial charge in [-0.1, -0.05) is 25.3 Å². The standard InChI is InChI=1S/C30H42N6O2/c1-18-12-19(2)33-28(38)24(18)17-32-27(37)22-13-25(20-14-29(3,4)36-30(5,6)15-20)35-26(23(22)16-31)34-21-10-8-7-9-11-21/h12-14,16,21,31,36H,7-11,15,17H2,1-6H3,(H,32,37)(H,33,38)(H,34,35). The van der Waals surface area contributed by atoms with Gasteiger partial charge in [0.25, 0.3) is 11.5 Å². The van der Waals surface area contributed by atoms with Crippen LogP contribution in [0.25, 0.3) is 5.57 Å². The molecular weight excluding hydrogens is 476 g/mol. The van der Waals surface area contributed by atoms with Gasteiger partial charge >= 0.3 is 0 Å². The minimum absolute atomic E-state index is 0.105. The number of H-pyrrole nitrogens is 1. The van der Waals surface area contributed by atoms with Crippen LogP contribution in [0.2, 0.25) is 0 Å². The average molecular weight is 519 g/mol. The summed E-state index contributed by atoms with van der Waals surface area (Å²) in [7, 11) is 0. The van der Waals surface area contributed by atoms with Gasteiger partial charge < -0.3 is 26.3 Å². The fourth-order valence-electron chi connectivity index (χ4n) is 6.05. The molecule has 0 bridgehead atoms. The molecule has 0 atom stereocenters. The van der Waals surface area contributed by atoms with Crippen molar-refractivity contribution in [2.45, 2.75) is 104 Å². The number of aromatic nitrogens is 2. The Kier molecular flexibility index (Phi) is 7.93. The molecule has 38 heavy (non-hydrogen) atoms. The molecule has 4 rings (SSSR count). The number of pyridine rings is 2. The van der Waals surface area contributed by atoms with Crippen LogP contribution >= 0.6 is 0 Å². The quantitative estimate of drug-likeness (QED) is 0.330. The van der Waals surface area contributed by atoms with Gasteiger partial charge in [-0.2, -0.15) is 0 Å². The molecule has 2 aromatic rings. The van der Waals surface area contributed by atoms with Crippen LogP contribution in [0.5, 0.6) is 0 Å². The minimum atomic E-state index is -0.328. The molecule has 2 aromatic heterocycles. The van der Waals surface area contributed by atoms with Crippen LogP contribution in [-0.2, 0) is 6.54 Å². The highest BCUT2D eigenvalue weighted by Gasteiger charge is 2.33. The van der Waals surface area contributed by atoms with Gasteiger partial charge in [0.05, 0.1) is 11.3 Å². The molecule has 8 nitrogen and oxygen atoms in total. The molecule has 0 unspecified atom stereocenters. The summed E-state index contributed by atoms with van der Waals surface area (Å²) in [5.74, 6) is 0.250. The Morgan fingerprint density at radius 1 is 1.16 bits per heavy atom. The van der Waals surface area contributed by atoms with Crippen molar-refractivity contribution in [2.24, 2.45) is 0 Å². The van der Waals surface area contributed by atoms with Gasteiger partial charge in [-0.25, -0.2) is 4.98 Å². The lowest BCUT2D eigenvalue weighted by atomic mass is 9.82. The summed E-state index contributed by atoms with van der Waals surface area (Å²) in [5, 5.41) is 18.4. The van der Waals surface area contributed by atoms with E-state index < -0.39 is 0 Å². The number of carbonyl (C=O) groups excluding carboxylic acids is 1. The van der Waals surface area contributed by atoms with Crippen molar-refractivity contribution in [2.75, 3.05) is 5.32 Å². The maximum atomic E-state index is 13.6. The van der Waals surface area contributed by atoms with E-state index in [2.05, 4.69) is 54.7 Å². The minimum Gasteiger partial charge on any atom is -0.367 e. The zero-order valence-corrected chi connectivity index (χ0v) is 23.6. The Labute approximate surface area is 225 Å². The van der Waals surface area contributed by atoms with Crippen molar-refractivity contribution in [3.8, 4) is 0 Å². The largest absolute Gasteiger partial charge is 0.367 e. The van der Waals surface area contributed by atoms with Crippen molar-refractivity contribution < 1.29 is 4.79 Å². The average Bonchev–Trinajstić information content (AvgIpc) is 2.81. The number of aryl methyl sites for hydroxylation is 2. The lowest BCUT2D eigenvalue weighted by Crippen LogP contribution is -2.53. The summed E-state index contributed by atoms with van der Waals surface area (Å²) < 4.78 is 0. The number of nitrogens with zero attached hydrogens (tertiary/aromatic N) is 1. The molecule has 0 radical (unpaired) electrons. The van der Waals surface area contributed by atoms with Crippen LogP contribution in [0.15, 0.2) is 23.0 Å². The van der Waals surface area contributed by atoms with E-state index in [1.807, 2.05) is 19.9 Å². The first kappa shape index (κ1) is 27.8. The monoisotopic (exact) mass is 518 g/mol. The molecule has 0 spiro atoms. The maximum Gasteiger partial charge on any atom is 0.253 e. The Bertz CT molecular complexity index is 1310. The molecule has 1 aliphatic carbocycles. The van der Waals surface area contributed by atoms with E-state index in [0.29, 0.717) is 22.5 Å². The van der Waals surface area contributed by atoms with Crippen molar-refractivity contribution in [3.63, 3.8) is 0 Å². The second-order valence-electron chi connectivity index (χ2n) is 12.1. The third-order valence-corrected chi connectivity index (χ3v) is 7.47. The van der Waals surface area contributed by atoms with Crippen LogP contribution in [0.4, 0.5) is 5.82 Å². The van der Waals surface area contributed by atoms with Gasteiger partial charge in [-0.15, -0.1) is 0 Å². The number of hydrogen-bond acceptors (Lipinski definition) is 6. The summed E-state index contributed by atoms with van der Waals surface area (Å²) in [6, 6.07) is 3.97. The van der Waals surface area contributed by atoms with Crippen LogP contribution in [-0.4, -0.2) is 39.2 Å². The molecule has 1 amide bonds. The zero-order valence-electron chi connectivity index (χ0n) is 23.6. The summed E-state index contributed by atoms with van der Waals surface area (Å²) in [4.78, 5) is 33.9. The van der Waals surface area contributed by atoms with Gasteiger partial charge in [0.2, 0.25) is 0 Å². The van der Waals surface area contributed by atoms with Crippen LogP contribution < -0.4 is 21.5 Å². The first-order valence-electron chi connectivity index (χ1n) is 13.7. The van der Waals surface area contributed by atoms with E-state index in [0.717, 1.165) is 54.6 Å². The van der Waals surface area contributed by atoms with E-state index in [1.54, 1.807) is 6.07 Å². The Balaban J connectivity index is 1.74. The fourth-order valence-corrected chi connectivity index (χ4v) is 6.05. The zero-order chi connectivity index (χ0) is 27.7. The highest BCUT2D eigenvalue weighted by molar-refractivity contribution is 6.05.